The summed E-state index contributed by atoms with van der Waals surface area (Å²) < 4.78 is 6.00. The predicted octanol–water partition coefficient (Wildman–Crippen LogP) is 4.29. The van der Waals surface area contributed by atoms with Gasteiger partial charge in [-0.3, -0.25) is 4.98 Å². The van der Waals surface area contributed by atoms with Gasteiger partial charge in [0.2, 0.25) is 0 Å². The van der Waals surface area contributed by atoms with Crippen LogP contribution in [0.5, 0.6) is 11.5 Å². The number of aromatic nitrogens is 1. The molecule has 3 nitrogen and oxygen atoms in total. The molecule has 2 N–H and O–H groups in total. The van der Waals surface area contributed by atoms with Gasteiger partial charge in [0, 0.05) is 29.6 Å². The summed E-state index contributed by atoms with van der Waals surface area (Å²) in [6, 6.07) is 10.3. The summed E-state index contributed by atoms with van der Waals surface area (Å²) in [5.74, 6) is 1.65. The van der Waals surface area contributed by atoms with E-state index in [1.54, 1.807) is 0 Å². The lowest BCUT2D eigenvalue weighted by Crippen LogP contribution is -2.05. The number of unbranched alkanes of at least 4 members (excludes halogenated alkanes) is 1. The number of ether oxygens (including phenoxy) is 1. The molecule has 0 bridgehead atoms. The molecule has 2 rings (SSSR count). The average molecular weight is 284 g/mol. The quantitative estimate of drug-likeness (QED) is 0.860. The molecule has 112 valence electrons. The molecule has 0 unspecified atom stereocenters. The average Bonchev–Trinajstić information content (AvgIpc) is 2.46. The van der Waals surface area contributed by atoms with E-state index >= 15 is 0 Å². The van der Waals surface area contributed by atoms with Gasteiger partial charge in [-0.2, -0.15) is 0 Å². The number of hydrogen-bond donors (Lipinski definition) is 1. The number of nitrogens with two attached hydrogens (primary N) is 1. The van der Waals surface area contributed by atoms with Crippen molar-refractivity contribution in [2.24, 2.45) is 5.73 Å². The van der Waals surface area contributed by atoms with Crippen LogP contribution in [0, 0.1) is 13.8 Å². The lowest BCUT2D eigenvalue weighted by molar-refractivity contribution is 0.473. The van der Waals surface area contributed by atoms with Gasteiger partial charge in [0.25, 0.3) is 0 Å². The largest absolute Gasteiger partial charge is 0.457 e. The summed E-state index contributed by atoms with van der Waals surface area (Å²) >= 11 is 0. The molecule has 0 fully saturated rings. The molecule has 0 saturated carbocycles. The highest BCUT2D eigenvalue weighted by molar-refractivity contribution is 5.41. The van der Waals surface area contributed by atoms with Gasteiger partial charge in [0.1, 0.15) is 11.5 Å². The summed E-state index contributed by atoms with van der Waals surface area (Å²) in [5.41, 5.74) is 10.0. The summed E-state index contributed by atoms with van der Waals surface area (Å²) in [6.45, 7) is 6.58. The highest BCUT2D eigenvalue weighted by Crippen LogP contribution is 2.27. The van der Waals surface area contributed by atoms with E-state index in [1.165, 1.54) is 18.4 Å². The van der Waals surface area contributed by atoms with Gasteiger partial charge in [0.05, 0.1) is 0 Å². The van der Waals surface area contributed by atoms with Gasteiger partial charge >= 0.3 is 0 Å². The first-order chi connectivity index (χ1) is 10.1. The van der Waals surface area contributed by atoms with Crippen molar-refractivity contribution in [1.82, 2.24) is 4.98 Å². The van der Waals surface area contributed by atoms with E-state index in [0.717, 1.165) is 34.9 Å². The number of rotatable bonds is 6. The molecule has 0 amide bonds. The highest BCUT2D eigenvalue weighted by atomic mass is 16.5. The highest BCUT2D eigenvalue weighted by Gasteiger charge is 2.09. The lowest BCUT2D eigenvalue weighted by Gasteiger charge is -2.13. The molecule has 3 heteroatoms. The van der Waals surface area contributed by atoms with Crippen LogP contribution in [-0.2, 0) is 13.0 Å². The van der Waals surface area contributed by atoms with E-state index in [9.17, 15) is 0 Å². The van der Waals surface area contributed by atoms with Gasteiger partial charge in [-0.05, 0) is 44.4 Å². The third kappa shape index (κ3) is 4.05. The summed E-state index contributed by atoms with van der Waals surface area (Å²) in [6.07, 6.45) is 3.56. The second kappa shape index (κ2) is 7.23. The molecular formula is C18H24N2O. The zero-order chi connectivity index (χ0) is 15.2. The maximum absolute atomic E-state index is 6.00. The molecule has 1 heterocycles. The topological polar surface area (TPSA) is 48.1 Å². The van der Waals surface area contributed by atoms with Crippen molar-refractivity contribution in [1.29, 1.82) is 0 Å². The second-order valence-corrected chi connectivity index (χ2v) is 5.38. The van der Waals surface area contributed by atoms with E-state index in [1.807, 2.05) is 32.0 Å². The molecule has 2 aromatic rings. The Morgan fingerprint density at radius 1 is 1.14 bits per heavy atom. The van der Waals surface area contributed by atoms with Gasteiger partial charge in [-0.15, -0.1) is 0 Å². The molecule has 0 spiro atoms. The van der Waals surface area contributed by atoms with Gasteiger partial charge in [0.15, 0.2) is 0 Å². The van der Waals surface area contributed by atoms with Gasteiger partial charge < -0.3 is 10.5 Å². The molecule has 0 aliphatic rings. The van der Waals surface area contributed by atoms with E-state index in [-0.39, 0.29) is 0 Å². The zero-order valence-electron chi connectivity index (χ0n) is 13.1. The number of aryl methyl sites for hydroxylation is 3. The van der Waals surface area contributed by atoms with E-state index in [2.05, 4.69) is 24.0 Å². The van der Waals surface area contributed by atoms with Crippen molar-refractivity contribution < 1.29 is 4.74 Å². The fourth-order valence-electron chi connectivity index (χ4n) is 2.39. The van der Waals surface area contributed by atoms with Crippen molar-refractivity contribution >= 4 is 0 Å². The Morgan fingerprint density at radius 2 is 1.86 bits per heavy atom. The van der Waals surface area contributed by atoms with Crippen molar-refractivity contribution in [3.05, 3.63) is 52.8 Å². The number of hydrogen-bond acceptors (Lipinski definition) is 3. The van der Waals surface area contributed by atoms with Crippen LogP contribution >= 0.6 is 0 Å². The number of benzene rings is 1. The van der Waals surface area contributed by atoms with Crippen LogP contribution < -0.4 is 10.5 Å². The van der Waals surface area contributed by atoms with Crippen LogP contribution in [0.2, 0.25) is 0 Å². The first kappa shape index (κ1) is 15.5. The third-order valence-electron chi connectivity index (χ3n) is 3.59. The first-order valence-electron chi connectivity index (χ1n) is 7.58. The Hall–Kier alpha value is -1.87. The molecular weight excluding hydrogens is 260 g/mol. The van der Waals surface area contributed by atoms with Crippen molar-refractivity contribution in [3.63, 3.8) is 0 Å². The van der Waals surface area contributed by atoms with Crippen molar-refractivity contribution in [3.8, 4) is 11.5 Å². The van der Waals surface area contributed by atoms with Crippen LogP contribution in [0.25, 0.3) is 0 Å². The van der Waals surface area contributed by atoms with Gasteiger partial charge in [-0.25, -0.2) is 0 Å². The molecule has 0 saturated heterocycles. The number of pyridine rings is 1. The molecule has 0 radical (unpaired) electrons. The van der Waals surface area contributed by atoms with E-state index < -0.39 is 0 Å². The molecule has 1 aromatic heterocycles. The Kier molecular flexibility index (Phi) is 5.34. The van der Waals surface area contributed by atoms with Crippen molar-refractivity contribution in [2.45, 2.75) is 46.6 Å². The molecule has 0 aliphatic heterocycles. The smallest absolute Gasteiger partial charge is 0.135 e. The summed E-state index contributed by atoms with van der Waals surface area (Å²) in [7, 11) is 0. The van der Waals surface area contributed by atoms with Gasteiger partial charge in [-0.1, -0.05) is 25.5 Å². The Morgan fingerprint density at radius 3 is 2.48 bits per heavy atom. The van der Waals surface area contributed by atoms with Crippen LogP contribution in [0.4, 0.5) is 0 Å². The first-order valence-corrected chi connectivity index (χ1v) is 7.58. The normalized spacial score (nSPS) is 10.7. The Labute approximate surface area is 127 Å². The Bertz CT molecular complexity index is 591. The van der Waals surface area contributed by atoms with Crippen LogP contribution in [0.1, 0.15) is 42.3 Å². The zero-order valence-corrected chi connectivity index (χ0v) is 13.1. The van der Waals surface area contributed by atoms with Crippen LogP contribution in [0.15, 0.2) is 30.3 Å². The maximum Gasteiger partial charge on any atom is 0.135 e. The van der Waals surface area contributed by atoms with E-state index in [4.69, 9.17) is 10.5 Å². The maximum atomic E-state index is 6.00. The molecule has 0 atom stereocenters. The van der Waals surface area contributed by atoms with Crippen molar-refractivity contribution in [2.75, 3.05) is 0 Å². The predicted molar refractivity (Wildman–Crippen MR) is 86.7 cm³/mol. The molecule has 21 heavy (non-hydrogen) atoms. The van der Waals surface area contributed by atoms with E-state index in [0.29, 0.717) is 6.54 Å². The SMILES string of the molecule is CCCCc1ccc(Oc2cc(C)nc(C)c2CN)cc1. The summed E-state index contributed by atoms with van der Waals surface area (Å²) in [5, 5.41) is 0. The lowest BCUT2D eigenvalue weighted by atomic mass is 10.1. The monoisotopic (exact) mass is 284 g/mol. The van der Waals surface area contributed by atoms with Crippen LogP contribution in [0.3, 0.4) is 0 Å². The fourth-order valence-corrected chi connectivity index (χ4v) is 2.39. The minimum atomic E-state index is 0.434. The minimum Gasteiger partial charge on any atom is -0.457 e. The third-order valence-corrected chi connectivity index (χ3v) is 3.59. The molecule has 1 aromatic carbocycles. The molecule has 0 aliphatic carbocycles. The van der Waals surface area contributed by atoms with Crippen LogP contribution in [-0.4, -0.2) is 4.98 Å². The minimum absolute atomic E-state index is 0.434. The number of nitrogens with zero attached hydrogens (tertiary/aromatic N) is 1. The second-order valence-electron chi connectivity index (χ2n) is 5.38. The Balaban J connectivity index is 2.18. The summed E-state index contributed by atoms with van der Waals surface area (Å²) in [4.78, 5) is 4.43. The fraction of sp³-hybridized carbons (Fsp3) is 0.389. The standard InChI is InChI=1S/C18H24N2O/c1-4-5-6-15-7-9-16(10-8-15)21-18-11-13(2)20-14(3)17(18)12-19/h7-11H,4-6,12,19H2,1-3H3.